The molecule has 0 spiro atoms. The van der Waals surface area contributed by atoms with Crippen molar-refractivity contribution in [2.75, 3.05) is 12.8 Å². The third kappa shape index (κ3) is 4.63. The van der Waals surface area contributed by atoms with E-state index >= 15 is 0 Å². The maximum atomic E-state index is 4.48. The number of rotatable bonds is 6. The minimum atomic E-state index is 0.465. The van der Waals surface area contributed by atoms with Gasteiger partial charge in [-0.3, -0.25) is 0 Å². The highest BCUT2D eigenvalue weighted by atomic mass is 32.2. The van der Waals surface area contributed by atoms with Crippen LogP contribution in [0.1, 0.15) is 33.5 Å². The maximum Gasteiger partial charge on any atom is 0.138 e. The largest absolute Gasteiger partial charge is 0.315 e. The van der Waals surface area contributed by atoms with Crippen molar-refractivity contribution in [2.45, 2.75) is 62.5 Å². The number of hydrogen-bond donors (Lipinski definition) is 1. The van der Waals surface area contributed by atoms with Crippen LogP contribution in [0.4, 0.5) is 0 Å². The highest BCUT2D eigenvalue weighted by molar-refractivity contribution is 8.07. The lowest BCUT2D eigenvalue weighted by molar-refractivity contribution is 0.447. The van der Waals surface area contributed by atoms with Crippen LogP contribution in [0, 0.1) is 5.92 Å². The molecule has 0 saturated carbocycles. The third-order valence-electron chi connectivity index (χ3n) is 4.03. The van der Waals surface area contributed by atoms with Crippen LogP contribution in [-0.4, -0.2) is 49.4 Å². The van der Waals surface area contributed by atoms with E-state index < -0.39 is 0 Å². The molecular weight excluding hydrogens is 300 g/mol. The smallest absolute Gasteiger partial charge is 0.138 e. The summed E-state index contributed by atoms with van der Waals surface area (Å²) in [7, 11) is 2.07. The lowest BCUT2D eigenvalue weighted by Gasteiger charge is -2.35. The van der Waals surface area contributed by atoms with Crippen molar-refractivity contribution in [3.63, 3.8) is 0 Å². The quantitative estimate of drug-likeness (QED) is 0.870. The summed E-state index contributed by atoms with van der Waals surface area (Å²) >= 11 is 4.23. The second kappa shape index (κ2) is 7.88. The average molecular weight is 329 g/mol. The van der Waals surface area contributed by atoms with E-state index in [2.05, 4.69) is 78.3 Å². The third-order valence-corrected chi connectivity index (χ3v) is 7.58. The highest BCUT2D eigenvalue weighted by Crippen LogP contribution is 2.37. The number of nitrogens with one attached hydrogen (secondary N) is 1. The van der Waals surface area contributed by atoms with Gasteiger partial charge in [0.2, 0.25) is 0 Å². The molecule has 1 aromatic heterocycles. The minimum absolute atomic E-state index is 0.465. The van der Waals surface area contributed by atoms with E-state index in [1.54, 1.807) is 6.33 Å². The van der Waals surface area contributed by atoms with Crippen LogP contribution in [0.15, 0.2) is 6.33 Å². The van der Waals surface area contributed by atoms with Crippen LogP contribution < -0.4 is 5.32 Å². The Hall–Kier alpha value is -0.200. The summed E-state index contributed by atoms with van der Waals surface area (Å²) in [5.74, 6) is 2.93. The molecule has 2 heterocycles. The first kappa shape index (κ1) is 17.2. The Bertz CT molecular complexity index is 435. The van der Waals surface area contributed by atoms with Crippen LogP contribution >= 0.6 is 23.5 Å². The molecule has 1 fully saturated rings. The van der Waals surface area contributed by atoms with Crippen LogP contribution in [0.25, 0.3) is 0 Å². The van der Waals surface area contributed by atoms with E-state index in [0.29, 0.717) is 17.2 Å². The van der Waals surface area contributed by atoms with Gasteiger partial charge in [-0.2, -0.15) is 28.6 Å². The summed E-state index contributed by atoms with van der Waals surface area (Å²) < 4.78 is 2.07. The molecule has 1 aromatic rings. The first-order valence-corrected chi connectivity index (χ1v) is 9.81. The SMILES string of the molecule is CNC(Cc1ncnn1CC(C)C)C1CSC(C)C(C)S1. The van der Waals surface area contributed by atoms with Crippen molar-refractivity contribution >= 4 is 23.5 Å². The van der Waals surface area contributed by atoms with Crippen molar-refractivity contribution < 1.29 is 0 Å². The summed E-state index contributed by atoms with van der Waals surface area (Å²) in [6, 6.07) is 0.465. The van der Waals surface area contributed by atoms with Gasteiger partial charge in [-0.1, -0.05) is 27.7 Å². The summed E-state index contributed by atoms with van der Waals surface area (Å²) in [6.07, 6.45) is 2.65. The van der Waals surface area contributed by atoms with Crippen LogP contribution in [-0.2, 0) is 13.0 Å². The monoisotopic (exact) mass is 328 g/mol. The Morgan fingerprint density at radius 3 is 2.76 bits per heavy atom. The highest BCUT2D eigenvalue weighted by Gasteiger charge is 2.31. The number of aromatic nitrogens is 3. The molecule has 4 atom stereocenters. The van der Waals surface area contributed by atoms with Gasteiger partial charge in [0.25, 0.3) is 0 Å². The van der Waals surface area contributed by atoms with Gasteiger partial charge in [-0.05, 0) is 13.0 Å². The lowest BCUT2D eigenvalue weighted by atomic mass is 10.1. The summed E-state index contributed by atoms with van der Waals surface area (Å²) in [5, 5.41) is 10.0. The molecule has 1 aliphatic rings. The van der Waals surface area contributed by atoms with Gasteiger partial charge < -0.3 is 5.32 Å². The molecule has 1 N–H and O–H groups in total. The average Bonchev–Trinajstić information content (AvgIpc) is 2.85. The van der Waals surface area contributed by atoms with Gasteiger partial charge in [0.1, 0.15) is 12.2 Å². The summed E-state index contributed by atoms with van der Waals surface area (Å²) in [4.78, 5) is 4.48. The van der Waals surface area contributed by atoms with Gasteiger partial charge in [-0.25, -0.2) is 9.67 Å². The molecule has 0 radical (unpaired) electrons. The van der Waals surface area contributed by atoms with Crippen LogP contribution in [0.2, 0.25) is 0 Å². The van der Waals surface area contributed by atoms with E-state index in [4.69, 9.17) is 0 Å². The fourth-order valence-corrected chi connectivity index (χ4v) is 5.75. The molecule has 1 aliphatic heterocycles. The number of hydrogen-bond acceptors (Lipinski definition) is 5. The van der Waals surface area contributed by atoms with E-state index in [0.717, 1.165) is 29.3 Å². The van der Waals surface area contributed by atoms with Crippen molar-refractivity contribution in [1.82, 2.24) is 20.1 Å². The Morgan fingerprint density at radius 2 is 2.14 bits per heavy atom. The fraction of sp³-hybridized carbons (Fsp3) is 0.867. The molecule has 4 nitrogen and oxygen atoms in total. The zero-order chi connectivity index (χ0) is 15.4. The Morgan fingerprint density at radius 1 is 1.38 bits per heavy atom. The molecule has 0 amide bonds. The minimum Gasteiger partial charge on any atom is -0.315 e. The van der Waals surface area contributed by atoms with E-state index in [1.807, 2.05) is 0 Å². The van der Waals surface area contributed by atoms with Crippen molar-refractivity contribution in [2.24, 2.45) is 5.92 Å². The second-order valence-corrected chi connectivity index (χ2v) is 9.30. The fourth-order valence-electron chi connectivity index (χ4n) is 2.58. The van der Waals surface area contributed by atoms with Gasteiger partial charge in [0.15, 0.2) is 0 Å². The van der Waals surface area contributed by atoms with Crippen LogP contribution in [0.5, 0.6) is 0 Å². The molecular formula is C15H28N4S2. The second-order valence-electron chi connectivity index (χ2n) is 6.27. The topological polar surface area (TPSA) is 42.7 Å². The summed E-state index contributed by atoms with van der Waals surface area (Å²) in [6.45, 7) is 10.1. The molecule has 4 unspecified atom stereocenters. The molecule has 120 valence electrons. The van der Waals surface area contributed by atoms with E-state index in [9.17, 15) is 0 Å². The standard InChI is InChI=1S/C15H28N4S2/c1-10(2)7-19-15(17-9-18-19)6-13(16-5)14-8-20-11(3)12(4)21-14/h9-14,16H,6-8H2,1-5H3. The van der Waals surface area contributed by atoms with E-state index in [-0.39, 0.29) is 0 Å². The first-order chi connectivity index (χ1) is 10.0. The normalized spacial score (nSPS) is 28.0. The van der Waals surface area contributed by atoms with Crippen molar-refractivity contribution in [3.8, 4) is 0 Å². The molecule has 0 aliphatic carbocycles. The first-order valence-electron chi connectivity index (χ1n) is 7.82. The maximum absolute atomic E-state index is 4.48. The molecule has 21 heavy (non-hydrogen) atoms. The zero-order valence-corrected chi connectivity index (χ0v) is 15.4. The summed E-state index contributed by atoms with van der Waals surface area (Å²) in [5.41, 5.74) is 0. The zero-order valence-electron chi connectivity index (χ0n) is 13.7. The number of likely N-dealkylation sites (N-methyl/N-ethyl adjacent to an activating group) is 1. The van der Waals surface area contributed by atoms with Crippen LogP contribution in [0.3, 0.4) is 0 Å². The Labute approximate surface area is 137 Å². The Kier molecular flexibility index (Phi) is 6.44. The van der Waals surface area contributed by atoms with Crippen molar-refractivity contribution in [3.05, 3.63) is 12.2 Å². The van der Waals surface area contributed by atoms with Gasteiger partial charge in [0, 0.05) is 40.5 Å². The van der Waals surface area contributed by atoms with Crippen molar-refractivity contribution in [1.29, 1.82) is 0 Å². The predicted octanol–water partition coefficient (Wildman–Crippen LogP) is 2.69. The molecule has 2 rings (SSSR count). The molecule has 0 aromatic carbocycles. The lowest BCUT2D eigenvalue weighted by Crippen LogP contribution is -2.43. The van der Waals surface area contributed by atoms with Gasteiger partial charge in [-0.15, -0.1) is 0 Å². The number of thioether (sulfide) groups is 2. The number of nitrogens with zero attached hydrogens (tertiary/aromatic N) is 3. The predicted molar refractivity (Wildman–Crippen MR) is 94.2 cm³/mol. The molecule has 0 bridgehead atoms. The van der Waals surface area contributed by atoms with Gasteiger partial charge >= 0.3 is 0 Å². The molecule has 6 heteroatoms. The Balaban J connectivity index is 2.01. The van der Waals surface area contributed by atoms with Gasteiger partial charge in [0.05, 0.1) is 0 Å². The molecule has 1 saturated heterocycles. The van der Waals surface area contributed by atoms with E-state index in [1.165, 1.54) is 5.75 Å².